The molecular weight excluding hydrogens is 312 g/mol. The molecule has 3 aromatic rings. The van der Waals surface area contributed by atoms with Crippen molar-refractivity contribution in [2.24, 2.45) is 0 Å². The van der Waals surface area contributed by atoms with E-state index < -0.39 is 5.97 Å². The van der Waals surface area contributed by atoms with E-state index in [4.69, 9.17) is 11.6 Å². The molecule has 23 heavy (non-hydrogen) atoms. The van der Waals surface area contributed by atoms with Gasteiger partial charge in [0.05, 0.1) is 5.69 Å². The van der Waals surface area contributed by atoms with Gasteiger partial charge in [-0.2, -0.15) is 0 Å². The SMILES string of the molecule is CCc1ccccc1-n1cc(C(=O)O)nc1-c1ccc(Cl)cc1. The highest BCUT2D eigenvalue weighted by atomic mass is 35.5. The Morgan fingerprint density at radius 2 is 1.87 bits per heavy atom. The molecule has 0 aliphatic carbocycles. The van der Waals surface area contributed by atoms with Crippen LogP contribution in [0.25, 0.3) is 17.1 Å². The Balaban J connectivity index is 2.23. The molecule has 0 aliphatic heterocycles. The standard InChI is InChI=1S/C18H15ClN2O2/c1-2-12-5-3-4-6-16(12)21-11-15(18(22)23)20-17(21)13-7-9-14(19)10-8-13/h3-11H,2H2,1H3,(H,22,23). The van der Waals surface area contributed by atoms with Crippen LogP contribution in [0.4, 0.5) is 0 Å². The molecule has 0 unspecified atom stereocenters. The smallest absolute Gasteiger partial charge is 0.356 e. The molecule has 1 aromatic heterocycles. The summed E-state index contributed by atoms with van der Waals surface area (Å²) in [5, 5.41) is 9.91. The average Bonchev–Trinajstić information content (AvgIpc) is 3.01. The number of aryl methyl sites for hydroxylation is 1. The van der Waals surface area contributed by atoms with Gasteiger partial charge >= 0.3 is 5.97 Å². The second-order valence-electron chi connectivity index (χ2n) is 5.11. The molecule has 0 bridgehead atoms. The third-order valence-electron chi connectivity index (χ3n) is 3.66. The molecule has 5 heteroatoms. The van der Waals surface area contributed by atoms with Crippen LogP contribution in [0.3, 0.4) is 0 Å². The normalized spacial score (nSPS) is 10.7. The molecule has 116 valence electrons. The fourth-order valence-corrected chi connectivity index (χ4v) is 2.64. The number of carboxylic acid groups (broad SMARTS) is 1. The molecule has 0 amide bonds. The Kier molecular flexibility index (Phi) is 4.17. The first kappa shape index (κ1) is 15.3. The molecule has 0 fully saturated rings. The fraction of sp³-hybridized carbons (Fsp3) is 0.111. The molecule has 3 rings (SSSR count). The number of benzene rings is 2. The molecule has 0 saturated heterocycles. The zero-order chi connectivity index (χ0) is 16.4. The molecule has 0 atom stereocenters. The van der Waals surface area contributed by atoms with Gasteiger partial charge in [-0.25, -0.2) is 9.78 Å². The summed E-state index contributed by atoms with van der Waals surface area (Å²) in [4.78, 5) is 15.6. The molecule has 0 radical (unpaired) electrons. The summed E-state index contributed by atoms with van der Waals surface area (Å²) in [6.45, 7) is 2.07. The first-order valence-corrected chi connectivity index (χ1v) is 7.65. The van der Waals surface area contributed by atoms with Gasteiger partial charge in [0.2, 0.25) is 0 Å². The minimum atomic E-state index is -1.05. The van der Waals surface area contributed by atoms with Crippen molar-refractivity contribution in [3.05, 3.63) is 71.0 Å². The Labute approximate surface area is 139 Å². The number of nitrogens with zero attached hydrogens (tertiary/aromatic N) is 2. The molecular formula is C18H15ClN2O2. The maximum atomic E-state index is 11.3. The fourth-order valence-electron chi connectivity index (χ4n) is 2.51. The minimum absolute atomic E-state index is 0.0147. The van der Waals surface area contributed by atoms with Gasteiger partial charge in [-0.05, 0) is 42.3 Å². The highest BCUT2D eigenvalue weighted by Gasteiger charge is 2.17. The van der Waals surface area contributed by atoms with E-state index in [0.717, 1.165) is 23.2 Å². The van der Waals surface area contributed by atoms with Gasteiger partial charge in [0.1, 0.15) is 5.82 Å². The number of para-hydroxylation sites is 1. The quantitative estimate of drug-likeness (QED) is 0.770. The Bertz CT molecular complexity index is 854. The average molecular weight is 327 g/mol. The van der Waals surface area contributed by atoms with E-state index in [1.54, 1.807) is 18.3 Å². The predicted molar refractivity (Wildman–Crippen MR) is 90.3 cm³/mol. The number of carboxylic acids is 1. The van der Waals surface area contributed by atoms with E-state index >= 15 is 0 Å². The number of aromatic nitrogens is 2. The summed E-state index contributed by atoms with van der Waals surface area (Å²) in [6.07, 6.45) is 2.40. The lowest BCUT2D eigenvalue weighted by Crippen LogP contribution is -2.00. The van der Waals surface area contributed by atoms with Gasteiger partial charge in [0, 0.05) is 16.8 Å². The van der Waals surface area contributed by atoms with Crippen molar-refractivity contribution in [1.82, 2.24) is 9.55 Å². The summed E-state index contributed by atoms with van der Waals surface area (Å²) >= 11 is 5.94. The summed E-state index contributed by atoms with van der Waals surface area (Å²) in [7, 11) is 0. The Morgan fingerprint density at radius 1 is 1.17 bits per heavy atom. The predicted octanol–water partition coefficient (Wildman–Crippen LogP) is 4.45. The van der Waals surface area contributed by atoms with E-state index in [9.17, 15) is 9.90 Å². The topological polar surface area (TPSA) is 55.1 Å². The number of aromatic carboxylic acids is 1. The zero-order valence-electron chi connectivity index (χ0n) is 12.5. The van der Waals surface area contributed by atoms with Crippen LogP contribution in [0.1, 0.15) is 23.0 Å². The van der Waals surface area contributed by atoms with Crippen LogP contribution in [0.15, 0.2) is 54.7 Å². The highest BCUT2D eigenvalue weighted by Crippen LogP contribution is 2.26. The van der Waals surface area contributed by atoms with Crippen LogP contribution in [-0.2, 0) is 6.42 Å². The number of imidazole rings is 1. The first-order valence-electron chi connectivity index (χ1n) is 7.27. The minimum Gasteiger partial charge on any atom is -0.476 e. The van der Waals surface area contributed by atoms with Crippen LogP contribution < -0.4 is 0 Å². The van der Waals surface area contributed by atoms with Gasteiger partial charge < -0.3 is 5.11 Å². The maximum Gasteiger partial charge on any atom is 0.356 e. The zero-order valence-corrected chi connectivity index (χ0v) is 13.3. The van der Waals surface area contributed by atoms with Crippen molar-refractivity contribution >= 4 is 17.6 Å². The van der Waals surface area contributed by atoms with Gasteiger partial charge in [0.15, 0.2) is 5.69 Å². The van der Waals surface area contributed by atoms with Gasteiger partial charge in [-0.1, -0.05) is 36.7 Å². The summed E-state index contributed by atoms with van der Waals surface area (Å²) in [5.41, 5.74) is 2.88. The van der Waals surface area contributed by atoms with Gasteiger partial charge in [0.25, 0.3) is 0 Å². The summed E-state index contributed by atoms with van der Waals surface area (Å²) < 4.78 is 1.82. The van der Waals surface area contributed by atoms with Crippen LogP contribution in [0.5, 0.6) is 0 Å². The van der Waals surface area contributed by atoms with E-state index in [1.165, 1.54) is 0 Å². The molecule has 4 nitrogen and oxygen atoms in total. The monoisotopic (exact) mass is 326 g/mol. The first-order chi connectivity index (χ1) is 11.1. The van der Waals surface area contributed by atoms with E-state index in [-0.39, 0.29) is 5.69 Å². The van der Waals surface area contributed by atoms with E-state index in [0.29, 0.717) is 10.8 Å². The lowest BCUT2D eigenvalue weighted by Gasteiger charge is -2.12. The van der Waals surface area contributed by atoms with Crippen molar-refractivity contribution in [3.63, 3.8) is 0 Å². The molecule has 0 spiro atoms. The van der Waals surface area contributed by atoms with E-state index in [2.05, 4.69) is 11.9 Å². The number of hydrogen-bond acceptors (Lipinski definition) is 2. The number of carbonyl (C=O) groups is 1. The largest absolute Gasteiger partial charge is 0.476 e. The van der Waals surface area contributed by atoms with E-state index in [1.807, 2.05) is 41.0 Å². The third-order valence-corrected chi connectivity index (χ3v) is 3.91. The second kappa shape index (κ2) is 6.26. The Hall–Kier alpha value is -2.59. The Morgan fingerprint density at radius 3 is 2.52 bits per heavy atom. The molecule has 1 N–H and O–H groups in total. The molecule has 0 aliphatic rings. The van der Waals surface area contributed by atoms with Crippen molar-refractivity contribution < 1.29 is 9.90 Å². The summed E-state index contributed by atoms with van der Waals surface area (Å²) in [6, 6.07) is 15.1. The lowest BCUT2D eigenvalue weighted by atomic mass is 10.1. The molecule has 0 saturated carbocycles. The number of hydrogen-bond donors (Lipinski definition) is 1. The van der Waals surface area contributed by atoms with Crippen molar-refractivity contribution in [3.8, 4) is 17.1 Å². The van der Waals surface area contributed by atoms with Gasteiger partial charge in [-0.3, -0.25) is 4.57 Å². The number of rotatable bonds is 4. The van der Waals surface area contributed by atoms with Gasteiger partial charge in [-0.15, -0.1) is 0 Å². The van der Waals surface area contributed by atoms with Crippen molar-refractivity contribution in [1.29, 1.82) is 0 Å². The van der Waals surface area contributed by atoms with Crippen LogP contribution >= 0.6 is 11.6 Å². The van der Waals surface area contributed by atoms with Crippen LogP contribution in [0, 0.1) is 0 Å². The summed E-state index contributed by atoms with van der Waals surface area (Å²) in [5.74, 6) is -0.465. The van der Waals surface area contributed by atoms with Crippen LogP contribution in [0.2, 0.25) is 5.02 Å². The molecule has 2 aromatic carbocycles. The highest BCUT2D eigenvalue weighted by molar-refractivity contribution is 6.30. The maximum absolute atomic E-state index is 11.3. The lowest BCUT2D eigenvalue weighted by molar-refractivity contribution is 0.0691. The molecule has 1 heterocycles. The second-order valence-corrected chi connectivity index (χ2v) is 5.55. The van der Waals surface area contributed by atoms with Crippen molar-refractivity contribution in [2.45, 2.75) is 13.3 Å². The number of halogens is 1. The van der Waals surface area contributed by atoms with Crippen molar-refractivity contribution in [2.75, 3.05) is 0 Å². The third kappa shape index (κ3) is 2.98. The van der Waals surface area contributed by atoms with Crippen LogP contribution in [-0.4, -0.2) is 20.6 Å².